The summed E-state index contributed by atoms with van der Waals surface area (Å²) in [6.07, 6.45) is 0. The fraction of sp³-hybridized carbons (Fsp3) is 0.0500. The maximum absolute atomic E-state index is 12.0. The lowest BCUT2D eigenvalue weighted by molar-refractivity contribution is -0.121. The molecule has 2 amide bonds. The number of rotatable bonds is 5. The number of benzene rings is 3. The van der Waals surface area contributed by atoms with Crippen LogP contribution in [0.2, 0.25) is 0 Å². The van der Waals surface area contributed by atoms with Gasteiger partial charge < -0.3 is 15.8 Å². The van der Waals surface area contributed by atoms with Gasteiger partial charge in [-0.15, -0.1) is 0 Å². The van der Waals surface area contributed by atoms with Crippen molar-refractivity contribution in [2.75, 3.05) is 11.9 Å². The minimum Gasteiger partial charge on any atom is -0.484 e. The first-order chi connectivity index (χ1) is 13.0. The molecule has 0 aliphatic heterocycles. The van der Waals surface area contributed by atoms with E-state index in [2.05, 4.69) is 10.6 Å². The maximum atomic E-state index is 12.0. The van der Waals surface area contributed by atoms with Gasteiger partial charge >= 0.3 is 0 Å². The molecule has 3 aromatic carbocycles. The Morgan fingerprint density at radius 1 is 0.963 bits per heavy atom. The van der Waals surface area contributed by atoms with E-state index in [4.69, 9.17) is 22.7 Å². The Balaban J connectivity index is 1.50. The number of anilines is 1. The van der Waals surface area contributed by atoms with Gasteiger partial charge in [0.25, 0.3) is 5.91 Å². The normalized spacial score (nSPS) is 10.2. The molecule has 0 saturated heterocycles. The molecule has 6 nitrogen and oxygen atoms in total. The second-order valence-electron chi connectivity index (χ2n) is 5.74. The first-order valence-electron chi connectivity index (χ1n) is 8.13. The third kappa shape index (κ3) is 5.02. The van der Waals surface area contributed by atoms with Crippen LogP contribution in [-0.4, -0.2) is 23.5 Å². The molecule has 3 aromatic rings. The topological polar surface area (TPSA) is 93.5 Å². The second-order valence-corrected chi connectivity index (χ2v) is 6.15. The van der Waals surface area contributed by atoms with Crippen molar-refractivity contribution in [2.24, 2.45) is 5.73 Å². The molecule has 0 fully saturated rings. The van der Waals surface area contributed by atoms with Crippen LogP contribution in [0.1, 0.15) is 10.4 Å². The summed E-state index contributed by atoms with van der Waals surface area (Å²) in [7, 11) is 0. The molecule has 0 aromatic heterocycles. The summed E-state index contributed by atoms with van der Waals surface area (Å²) >= 11 is 5.10. The Bertz CT molecular complexity index is 1000. The Morgan fingerprint density at radius 3 is 2.37 bits per heavy atom. The summed E-state index contributed by atoms with van der Waals surface area (Å²) < 4.78 is 5.52. The van der Waals surface area contributed by atoms with Crippen molar-refractivity contribution in [3.8, 4) is 5.75 Å². The third-order valence-electron chi connectivity index (χ3n) is 3.77. The Morgan fingerprint density at radius 2 is 1.67 bits per heavy atom. The summed E-state index contributed by atoms with van der Waals surface area (Å²) in [6, 6.07) is 19.9. The predicted molar refractivity (Wildman–Crippen MR) is 109 cm³/mol. The van der Waals surface area contributed by atoms with Crippen molar-refractivity contribution in [3.63, 3.8) is 0 Å². The first-order valence-corrected chi connectivity index (χ1v) is 8.54. The Hall–Kier alpha value is -3.45. The average molecular weight is 379 g/mol. The van der Waals surface area contributed by atoms with Gasteiger partial charge in [0.2, 0.25) is 5.91 Å². The molecule has 27 heavy (non-hydrogen) atoms. The van der Waals surface area contributed by atoms with E-state index in [1.165, 1.54) is 0 Å². The van der Waals surface area contributed by atoms with Crippen LogP contribution in [0.15, 0.2) is 66.7 Å². The summed E-state index contributed by atoms with van der Waals surface area (Å²) in [4.78, 5) is 23.0. The molecule has 0 aliphatic carbocycles. The van der Waals surface area contributed by atoms with E-state index in [1.54, 1.807) is 24.3 Å². The number of fused-ring (bicyclic) bond motifs is 1. The lowest BCUT2D eigenvalue weighted by Gasteiger charge is -2.11. The van der Waals surface area contributed by atoms with Crippen LogP contribution < -0.4 is 21.1 Å². The van der Waals surface area contributed by atoms with E-state index < -0.39 is 5.91 Å². The van der Waals surface area contributed by atoms with Gasteiger partial charge in [-0.25, -0.2) is 0 Å². The Kier molecular flexibility index (Phi) is 5.63. The molecule has 0 heterocycles. The van der Waals surface area contributed by atoms with E-state index in [1.807, 2.05) is 42.5 Å². The second kappa shape index (κ2) is 8.29. The summed E-state index contributed by atoms with van der Waals surface area (Å²) in [6.45, 7) is -0.166. The van der Waals surface area contributed by atoms with Crippen LogP contribution in [-0.2, 0) is 4.79 Å². The van der Waals surface area contributed by atoms with Crippen molar-refractivity contribution >= 4 is 45.6 Å². The molecule has 0 aliphatic rings. The van der Waals surface area contributed by atoms with Gasteiger partial charge in [-0.1, -0.05) is 30.3 Å². The molecule has 0 atom stereocenters. The largest absolute Gasteiger partial charge is 0.484 e. The zero-order valence-corrected chi connectivity index (χ0v) is 15.1. The number of carbonyl (C=O) groups excluding carboxylic acids is 2. The summed E-state index contributed by atoms with van der Waals surface area (Å²) in [5, 5.41) is 7.66. The number of amides is 2. The van der Waals surface area contributed by atoms with Gasteiger partial charge in [0.1, 0.15) is 5.75 Å². The van der Waals surface area contributed by atoms with Gasteiger partial charge in [0, 0.05) is 11.3 Å². The lowest BCUT2D eigenvalue weighted by Crippen LogP contribution is -2.37. The molecule has 4 N–H and O–H groups in total. The van der Waals surface area contributed by atoms with Gasteiger partial charge in [0.15, 0.2) is 11.7 Å². The fourth-order valence-electron chi connectivity index (χ4n) is 2.45. The number of hydrogen-bond donors (Lipinski definition) is 3. The van der Waals surface area contributed by atoms with Crippen molar-refractivity contribution < 1.29 is 14.3 Å². The van der Waals surface area contributed by atoms with Crippen LogP contribution in [0.5, 0.6) is 5.75 Å². The van der Waals surface area contributed by atoms with Gasteiger partial charge in [0.05, 0.1) is 0 Å². The molecule has 136 valence electrons. The first kappa shape index (κ1) is 18.3. The zero-order valence-electron chi connectivity index (χ0n) is 14.3. The average Bonchev–Trinajstić information content (AvgIpc) is 2.66. The monoisotopic (exact) mass is 379 g/mol. The Labute approximate surface area is 161 Å². The molecular formula is C20H17N3O3S. The SMILES string of the molecule is NC(=O)c1ccc(NC(=S)NC(=O)COc2ccc3ccccc3c2)cc1. The van der Waals surface area contributed by atoms with Crippen molar-refractivity contribution in [3.05, 3.63) is 72.3 Å². The quantitative estimate of drug-likeness (QED) is 0.593. The van der Waals surface area contributed by atoms with Crippen LogP contribution in [0, 0.1) is 0 Å². The predicted octanol–water partition coefficient (Wildman–Crippen LogP) is 2.83. The zero-order chi connectivity index (χ0) is 19.2. The highest BCUT2D eigenvalue weighted by molar-refractivity contribution is 7.80. The number of nitrogens with two attached hydrogens (primary N) is 1. The van der Waals surface area contributed by atoms with Crippen LogP contribution in [0.25, 0.3) is 10.8 Å². The van der Waals surface area contributed by atoms with Gasteiger partial charge in [-0.05, 0) is 59.4 Å². The maximum Gasteiger partial charge on any atom is 0.264 e. The molecule has 0 radical (unpaired) electrons. The minimum atomic E-state index is -0.511. The molecule has 0 unspecified atom stereocenters. The molecule has 0 bridgehead atoms. The van der Waals surface area contributed by atoms with Gasteiger partial charge in [-0.2, -0.15) is 0 Å². The van der Waals surface area contributed by atoms with Crippen molar-refractivity contribution in [1.29, 1.82) is 0 Å². The number of carbonyl (C=O) groups is 2. The molecule has 0 saturated carbocycles. The standard InChI is InChI=1S/C20H17N3O3S/c21-19(25)14-5-8-16(9-6-14)22-20(27)23-18(24)12-26-17-10-7-13-3-1-2-4-15(13)11-17/h1-11H,12H2,(H2,21,25)(H2,22,23,24,27). The lowest BCUT2D eigenvalue weighted by atomic mass is 10.1. The van der Waals surface area contributed by atoms with Crippen molar-refractivity contribution in [1.82, 2.24) is 5.32 Å². The summed E-state index contributed by atoms with van der Waals surface area (Å²) in [5.74, 6) is -0.289. The van der Waals surface area contributed by atoms with Crippen LogP contribution in [0.3, 0.4) is 0 Å². The number of thiocarbonyl (C=S) groups is 1. The van der Waals surface area contributed by atoms with Crippen LogP contribution in [0.4, 0.5) is 5.69 Å². The van der Waals surface area contributed by atoms with E-state index in [9.17, 15) is 9.59 Å². The molecular weight excluding hydrogens is 362 g/mol. The van der Waals surface area contributed by atoms with E-state index >= 15 is 0 Å². The fourth-order valence-corrected chi connectivity index (χ4v) is 2.68. The molecule has 3 rings (SSSR count). The summed E-state index contributed by atoms with van der Waals surface area (Å²) in [5.41, 5.74) is 6.20. The minimum absolute atomic E-state index is 0.133. The number of ether oxygens (including phenoxy) is 1. The van der Waals surface area contributed by atoms with E-state index in [-0.39, 0.29) is 17.6 Å². The highest BCUT2D eigenvalue weighted by Crippen LogP contribution is 2.20. The van der Waals surface area contributed by atoms with Crippen molar-refractivity contribution in [2.45, 2.75) is 0 Å². The highest BCUT2D eigenvalue weighted by atomic mass is 32.1. The number of primary amides is 1. The van der Waals surface area contributed by atoms with Gasteiger partial charge in [-0.3, -0.25) is 14.9 Å². The molecule has 0 spiro atoms. The van der Waals surface area contributed by atoms with E-state index in [0.29, 0.717) is 17.0 Å². The number of nitrogens with one attached hydrogen (secondary N) is 2. The number of hydrogen-bond acceptors (Lipinski definition) is 4. The highest BCUT2D eigenvalue weighted by Gasteiger charge is 2.07. The molecule has 7 heteroatoms. The van der Waals surface area contributed by atoms with Crippen LogP contribution >= 0.6 is 12.2 Å². The third-order valence-corrected chi connectivity index (χ3v) is 3.98. The smallest absolute Gasteiger partial charge is 0.264 e. The van der Waals surface area contributed by atoms with E-state index in [0.717, 1.165) is 10.8 Å².